The monoisotopic (exact) mass is 426 g/mol. The molecule has 150 valence electrons. The van der Waals surface area contributed by atoms with Crippen LogP contribution in [0.4, 0.5) is 0 Å². The fraction of sp³-hybridized carbons (Fsp3) is 0.318. The number of carbonyl (C=O) groups is 1. The van der Waals surface area contributed by atoms with Crippen LogP contribution >= 0.6 is 23.1 Å². The number of hydrogen-bond donors (Lipinski definition) is 0. The largest absolute Gasteiger partial charge is 0.370 e. The van der Waals surface area contributed by atoms with Crippen molar-refractivity contribution in [2.45, 2.75) is 44.2 Å². The molecule has 3 aromatic rings. The van der Waals surface area contributed by atoms with Crippen LogP contribution in [-0.2, 0) is 24.3 Å². The van der Waals surface area contributed by atoms with E-state index in [-0.39, 0.29) is 22.6 Å². The van der Waals surface area contributed by atoms with E-state index in [2.05, 4.69) is 11.6 Å². The fourth-order valence-corrected chi connectivity index (χ4v) is 5.50. The number of imidazole rings is 1. The average Bonchev–Trinajstić information content (AvgIpc) is 3.05. The van der Waals surface area contributed by atoms with Gasteiger partial charge in [-0.25, -0.2) is 4.98 Å². The topological polar surface area (TPSA) is 61.2 Å². The van der Waals surface area contributed by atoms with Crippen LogP contribution in [0.25, 0.3) is 10.3 Å². The molecule has 1 aliphatic rings. The van der Waals surface area contributed by atoms with Crippen molar-refractivity contribution in [1.29, 1.82) is 0 Å². The lowest BCUT2D eigenvalue weighted by molar-refractivity contribution is -0.0386. The first kappa shape index (κ1) is 20.1. The second-order valence-corrected chi connectivity index (χ2v) is 9.61. The van der Waals surface area contributed by atoms with Gasteiger partial charge in [0.15, 0.2) is 10.9 Å². The van der Waals surface area contributed by atoms with Crippen molar-refractivity contribution in [2.75, 3.05) is 5.75 Å². The van der Waals surface area contributed by atoms with Crippen molar-refractivity contribution in [1.82, 2.24) is 9.55 Å². The van der Waals surface area contributed by atoms with Gasteiger partial charge in [0.1, 0.15) is 10.3 Å². The molecule has 5 nitrogen and oxygen atoms in total. The smallest absolute Gasteiger partial charge is 0.211 e. The van der Waals surface area contributed by atoms with Gasteiger partial charge in [-0.3, -0.25) is 9.59 Å². The predicted octanol–water partition coefficient (Wildman–Crippen LogP) is 4.47. The van der Waals surface area contributed by atoms with Gasteiger partial charge in [0.2, 0.25) is 5.43 Å². The molecule has 0 radical (unpaired) electrons. The molecule has 0 N–H and O–H groups in total. The second kappa shape index (κ2) is 7.89. The number of hydrogen-bond acceptors (Lipinski definition) is 6. The molecule has 2 aromatic heterocycles. The number of ether oxygens (including phenoxy) is 1. The van der Waals surface area contributed by atoms with Gasteiger partial charge in [0, 0.05) is 29.0 Å². The van der Waals surface area contributed by atoms with E-state index in [1.54, 1.807) is 17.4 Å². The fourth-order valence-electron chi connectivity index (χ4n) is 3.39. The predicted molar refractivity (Wildman–Crippen MR) is 118 cm³/mol. The maximum Gasteiger partial charge on any atom is 0.211 e. The Labute approximate surface area is 177 Å². The highest BCUT2D eigenvalue weighted by Gasteiger charge is 2.30. The highest BCUT2D eigenvalue weighted by atomic mass is 32.2. The zero-order valence-corrected chi connectivity index (χ0v) is 18.1. The van der Waals surface area contributed by atoms with Gasteiger partial charge >= 0.3 is 0 Å². The summed E-state index contributed by atoms with van der Waals surface area (Å²) in [7, 11) is 0. The lowest BCUT2D eigenvalue weighted by Gasteiger charge is -2.30. The average molecular weight is 427 g/mol. The summed E-state index contributed by atoms with van der Waals surface area (Å²) in [5.41, 5.74) is 1.58. The summed E-state index contributed by atoms with van der Waals surface area (Å²) in [6.07, 6.45) is 2.36. The number of ketones is 1. The Kier molecular flexibility index (Phi) is 5.46. The van der Waals surface area contributed by atoms with Crippen LogP contribution in [0.2, 0.25) is 0 Å². The van der Waals surface area contributed by atoms with E-state index in [1.807, 2.05) is 48.7 Å². The maximum atomic E-state index is 13.2. The van der Waals surface area contributed by atoms with Gasteiger partial charge in [0.25, 0.3) is 0 Å². The first-order valence-corrected chi connectivity index (χ1v) is 11.2. The third-order valence-corrected chi connectivity index (χ3v) is 7.06. The molecule has 0 fully saturated rings. The number of carbonyl (C=O) groups excluding carboxylic acids is 1. The summed E-state index contributed by atoms with van der Waals surface area (Å²) in [5, 5.41) is 0.667. The van der Waals surface area contributed by atoms with Gasteiger partial charge in [-0.1, -0.05) is 48.2 Å². The van der Waals surface area contributed by atoms with Crippen molar-refractivity contribution < 1.29 is 9.53 Å². The van der Waals surface area contributed by atoms with E-state index in [0.29, 0.717) is 35.8 Å². The minimum atomic E-state index is -0.351. The molecule has 0 saturated heterocycles. The number of benzene rings is 1. The van der Waals surface area contributed by atoms with Crippen LogP contribution in [0.1, 0.15) is 34.6 Å². The highest BCUT2D eigenvalue weighted by molar-refractivity contribution is 7.99. The van der Waals surface area contributed by atoms with Crippen LogP contribution in [0.5, 0.6) is 0 Å². The number of rotatable bonds is 6. The second-order valence-electron chi connectivity index (χ2n) is 7.58. The summed E-state index contributed by atoms with van der Waals surface area (Å²) < 4.78 is 7.87. The minimum absolute atomic E-state index is 0.0239. The molecule has 0 spiro atoms. The van der Waals surface area contributed by atoms with Gasteiger partial charge in [-0.05, 0) is 13.8 Å². The van der Waals surface area contributed by atoms with Gasteiger partial charge in [-0.15, -0.1) is 17.9 Å². The highest BCUT2D eigenvalue weighted by Crippen LogP contribution is 2.33. The SMILES string of the molecule is C=CCn1c(SCC(=O)c2ccccc2)nc2c(=O)c3c(sc21)COC(C)(C)C3. The van der Waals surface area contributed by atoms with E-state index in [9.17, 15) is 9.59 Å². The third kappa shape index (κ3) is 3.95. The van der Waals surface area contributed by atoms with Gasteiger partial charge in [0.05, 0.1) is 18.0 Å². The molecule has 0 amide bonds. The maximum absolute atomic E-state index is 13.2. The molecular formula is C22H22N2O3S2. The molecule has 0 aliphatic carbocycles. The van der Waals surface area contributed by atoms with Crippen LogP contribution < -0.4 is 5.43 Å². The quantitative estimate of drug-likeness (QED) is 0.331. The zero-order valence-electron chi connectivity index (χ0n) is 16.4. The summed E-state index contributed by atoms with van der Waals surface area (Å²) in [6, 6.07) is 9.21. The molecule has 7 heteroatoms. The van der Waals surface area contributed by atoms with E-state index in [4.69, 9.17) is 4.74 Å². The van der Waals surface area contributed by atoms with Crippen molar-refractivity contribution in [3.8, 4) is 0 Å². The minimum Gasteiger partial charge on any atom is -0.370 e. The van der Waals surface area contributed by atoms with Crippen LogP contribution in [0.15, 0.2) is 52.9 Å². The first-order valence-electron chi connectivity index (χ1n) is 9.40. The molecule has 0 bridgehead atoms. The molecule has 4 rings (SSSR count). The number of thioether (sulfide) groups is 1. The summed E-state index contributed by atoms with van der Waals surface area (Å²) in [6.45, 7) is 8.79. The Bertz CT molecular complexity index is 1150. The Morgan fingerprint density at radius 1 is 1.38 bits per heavy atom. The van der Waals surface area contributed by atoms with E-state index >= 15 is 0 Å². The van der Waals surface area contributed by atoms with E-state index < -0.39 is 0 Å². The standard InChI is InChI=1S/C22H22N2O3S2/c1-4-10-24-20-18(19(26)15-11-22(2,3)27-12-17(15)29-20)23-21(24)28-13-16(25)14-8-6-5-7-9-14/h4-9H,1,10-13H2,2-3H3. The molecule has 29 heavy (non-hydrogen) atoms. The number of fused-ring (bicyclic) bond motifs is 2. The van der Waals surface area contributed by atoms with Crippen molar-refractivity contribution >= 4 is 39.2 Å². The summed E-state index contributed by atoms with van der Waals surface area (Å²) >= 11 is 2.91. The molecular weight excluding hydrogens is 404 g/mol. The lowest BCUT2D eigenvalue weighted by atomic mass is 9.96. The first-order chi connectivity index (χ1) is 13.9. The Morgan fingerprint density at radius 3 is 2.86 bits per heavy atom. The molecule has 0 saturated carbocycles. The molecule has 0 unspecified atom stereocenters. The Balaban J connectivity index is 1.72. The Morgan fingerprint density at radius 2 is 2.14 bits per heavy atom. The zero-order chi connectivity index (χ0) is 20.6. The van der Waals surface area contributed by atoms with E-state index in [0.717, 1.165) is 15.3 Å². The molecule has 1 aliphatic heterocycles. The normalized spacial score (nSPS) is 15.2. The van der Waals surface area contributed by atoms with Crippen LogP contribution in [-0.4, -0.2) is 26.7 Å². The summed E-state index contributed by atoms with van der Waals surface area (Å²) in [5.74, 6) is 0.299. The lowest BCUT2D eigenvalue weighted by Crippen LogP contribution is -2.34. The van der Waals surface area contributed by atoms with Crippen molar-refractivity contribution in [2.24, 2.45) is 0 Å². The molecule has 1 aromatic carbocycles. The van der Waals surface area contributed by atoms with Gasteiger partial charge in [-0.2, -0.15) is 0 Å². The van der Waals surface area contributed by atoms with Crippen molar-refractivity contribution in [3.63, 3.8) is 0 Å². The molecule has 3 heterocycles. The Hall–Kier alpha value is -2.22. The third-order valence-electron chi connectivity index (χ3n) is 4.87. The van der Waals surface area contributed by atoms with Crippen LogP contribution in [0, 0.1) is 0 Å². The number of Topliss-reactive ketones (excluding diaryl/α,β-unsaturated/α-hetero) is 1. The summed E-state index contributed by atoms with van der Waals surface area (Å²) in [4.78, 5) is 32.1. The van der Waals surface area contributed by atoms with E-state index in [1.165, 1.54) is 11.8 Å². The van der Waals surface area contributed by atoms with Crippen molar-refractivity contribution in [3.05, 3.63) is 69.2 Å². The number of allylic oxidation sites excluding steroid dienone is 1. The number of nitrogens with zero attached hydrogens (tertiary/aromatic N) is 2. The number of aromatic nitrogens is 2. The van der Waals surface area contributed by atoms with Gasteiger partial charge < -0.3 is 9.30 Å². The molecule has 0 atom stereocenters. The van der Waals surface area contributed by atoms with Crippen LogP contribution in [0.3, 0.4) is 0 Å².